The van der Waals surface area contributed by atoms with Crippen molar-refractivity contribution in [2.45, 2.75) is 55.6 Å². The maximum Gasteiger partial charge on any atom is 0.265 e. The van der Waals surface area contributed by atoms with Gasteiger partial charge < -0.3 is 10.0 Å². The molecule has 172 valence electrons. The van der Waals surface area contributed by atoms with E-state index in [9.17, 15) is 18.3 Å². The number of carbonyl (C=O) groups excluding carboxylic acids is 1. The van der Waals surface area contributed by atoms with Crippen molar-refractivity contribution in [3.05, 3.63) is 58.6 Å². The Balaban J connectivity index is 1.98. The number of benzene rings is 2. The molecule has 4 rings (SSSR count). The molecular weight excluding hydrogens is 448 g/mol. The summed E-state index contributed by atoms with van der Waals surface area (Å²) in [6.07, 6.45) is 4.36. The Hall–Kier alpha value is -2.09. The average molecular weight is 477 g/mol. The molecule has 0 bridgehead atoms. The lowest BCUT2D eigenvalue weighted by molar-refractivity contribution is -0.140. The molecule has 6 nitrogen and oxygen atoms in total. The van der Waals surface area contributed by atoms with E-state index in [0.717, 1.165) is 42.0 Å². The number of rotatable bonds is 4. The molecule has 2 atom stereocenters. The second-order valence-corrected chi connectivity index (χ2v) is 11.3. The first kappa shape index (κ1) is 23.1. The number of hydrogen-bond donors (Lipinski definition) is 1. The highest BCUT2D eigenvalue weighted by Crippen LogP contribution is 2.54. The van der Waals surface area contributed by atoms with Crippen LogP contribution in [0.1, 0.15) is 43.2 Å². The number of aliphatic hydroxyl groups is 1. The third kappa shape index (κ3) is 3.60. The van der Waals surface area contributed by atoms with Crippen LogP contribution >= 0.6 is 11.6 Å². The van der Waals surface area contributed by atoms with E-state index in [-0.39, 0.29) is 10.8 Å². The predicted octanol–water partition coefficient (Wildman–Crippen LogP) is 4.08. The van der Waals surface area contributed by atoms with Gasteiger partial charge in [-0.1, -0.05) is 48.6 Å². The number of nitrogens with zero attached hydrogens (tertiary/aromatic N) is 2. The van der Waals surface area contributed by atoms with Crippen LogP contribution in [0.4, 0.5) is 5.69 Å². The number of amides is 1. The Labute approximate surface area is 194 Å². The Bertz CT molecular complexity index is 1130. The zero-order valence-corrected chi connectivity index (χ0v) is 20.2. The average Bonchev–Trinajstić information content (AvgIpc) is 3.04. The predicted molar refractivity (Wildman–Crippen MR) is 125 cm³/mol. The van der Waals surface area contributed by atoms with Crippen LogP contribution in [-0.4, -0.2) is 44.5 Å². The molecule has 0 spiro atoms. The van der Waals surface area contributed by atoms with Gasteiger partial charge in [0.2, 0.25) is 5.91 Å². The van der Waals surface area contributed by atoms with Crippen molar-refractivity contribution < 1.29 is 18.3 Å². The maximum atomic E-state index is 13.9. The monoisotopic (exact) mass is 476 g/mol. The first-order valence-corrected chi connectivity index (χ1v) is 12.7. The van der Waals surface area contributed by atoms with Gasteiger partial charge in [0.25, 0.3) is 10.0 Å². The zero-order chi connectivity index (χ0) is 23.3. The largest absolute Gasteiger partial charge is 0.382 e. The molecule has 1 saturated carbocycles. The molecule has 32 heavy (non-hydrogen) atoms. The number of aryl methyl sites for hydroxylation is 1. The third-order valence-corrected chi connectivity index (χ3v) is 8.79. The van der Waals surface area contributed by atoms with Gasteiger partial charge in [-0.15, -0.1) is 0 Å². The van der Waals surface area contributed by atoms with Gasteiger partial charge in [-0.25, -0.2) is 8.42 Å². The van der Waals surface area contributed by atoms with Gasteiger partial charge in [0, 0.05) is 24.7 Å². The first-order valence-electron chi connectivity index (χ1n) is 10.9. The van der Waals surface area contributed by atoms with Crippen LogP contribution in [-0.2, 0) is 20.4 Å². The SMILES string of the molecule is Cc1ccc(S(=O)(=O)N2c3ccc(Cl)cc3C(O)(C3CCCCC3)C2C(=O)N(C)C)cc1. The van der Waals surface area contributed by atoms with Gasteiger partial charge >= 0.3 is 0 Å². The maximum absolute atomic E-state index is 13.9. The van der Waals surface area contributed by atoms with Crippen LogP contribution in [0.2, 0.25) is 5.02 Å². The van der Waals surface area contributed by atoms with Crippen LogP contribution < -0.4 is 4.31 Å². The molecule has 0 saturated heterocycles. The molecule has 2 aromatic carbocycles. The highest BCUT2D eigenvalue weighted by atomic mass is 35.5. The van der Waals surface area contributed by atoms with Crippen LogP contribution in [0.25, 0.3) is 0 Å². The molecule has 8 heteroatoms. The van der Waals surface area contributed by atoms with Crippen molar-refractivity contribution in [1.82, 2.24) is 4.90 Å². The quantitative estimate of drug-likeness (QED) is 0.721. The fourth-order valence-electron chi connectivity index (χ4n) is 5.10. The van der Waals surface area contributed by atoms with Crippen molar-refractivity contribution in [3.8, 4) is 0 Å². The second-order valence-electron chi connectivity index (χ2n) is 9.07. The van der Waals surface area contributed by atoms with Gasteiger partial charge in [0.15, 0.2) is 6.04 Å². The van der Waals surface area contributed by atoms with E-state index in [4.69, 9.17) is 11.6 Å². The van der Waals surface area contributed by atoms with Crippen molar-refractivity contribution in [1.29, 1.82) is 0 Å². The van der Waals surface area contributed by atoms with Crippen molar-refractivity contribution in [3.63, 3.8) is 0 Å². The molecule has 2 unspecified atom stereocenters. The van der Waals surface area contributed by atoms with Crippen LogP contribution in [0.3, 0.4) is 0 Å². The summed E-state index contributed by atoms with van der Waals surface area (Å²) >= 11 is 6.30. The standard InChI is InChI=1S/C24H29ClN2O4S/c1-16-9-12-19(13-10-16)32(30,31)27-21-14-11-18(25)15-20(21)24(29,17-7-5-4-6-8-17)22(27)23(28)26(2)3/h9-15,17,22,29H,4-8H2,1-3H3. The highest BCUT2D eigenvalue weighted by Gasteiger charge is 2.61. The van der Waals surface area contributed by atoms with Crippen molar-refractivity contribution in [2.24, 2.45) is 5.92 Å². The Morgan fingerprint density at radius 3 is 2.31 bits per heavy atom. The Morgan fingerprint density at radius 1 is 1.09 bits per heavy atom. The minimum absolute atomic E-state index is 0.0773. The number of fused-ring (bicyclic) bond motifs is 1. The highest BCUT2D eigenvalue weighted by molar-refractivity contribution is 7.93. The van der Waals surface area contributed by atoms with Crippen molar-refractivity contribution in [2.75, 3.05) is 18.4 Å². The molecule has 2 aromatic rings. The minimum atomic E-state index is -4.14. The molecule has 0 radical (unpaired) electrons. The molecule has 0 aromatic heterocycles. The summed E-state index contributed by atoms with van der Waals surface area (Å²) in [7, 11) is -0.977. The smallest absolute Gasteiger partial charge is 0.265 e. The van der Waals surface area contributed by atoms with E-state index < -0.39 is 27.6 Å². The Morgan fingerprint density at radius 2 is 1.72 bits per heavy atom. The summed E-state index contributed by atoms with van der Waals surface area (Å²) in [6, 6.07) is 10.0. The van der Waals surface area contributed by atoms with Gasteiger partial charge in [0.05, 0.1) is 10.6 Å². The first-order chi connectivity index (χ1) is 15.1. The summed E-state index contributed by atoms with van der Waals surface area (Å²) in [5.74, 6) is -0.707. The van der Waals surface area contributed by atoms with Crippen molar-refractivity contribution >= 4 is 33.2 Å². The number of sulfonamides is 1. The lowest BCUT2D eigenvalue weighted by Gasteiger charge is -2.41. The van der Waals surface area contributed by atoms with E-state index in [1.165, 1.54) is 17.0 Å². The fraction of sp³-hybridized carbons (Fsp3) is 0.458. The molecular formula is C24H29ClN2O4S. The number of halogens is 1. The van der Waals surface area contributed by atoms with E-state index in [0.29, 0.717) is 16.3 Å². The van der Waals surface area contributed by atoms with Gasteiger partial charge in [-0.3, -0.25) is 9.10 Å². The number of hydrogen-bond acceptors (Lipinski definition) is 4. The minimum Gasteiger partial charge on any atom is -0.382 e. The van der Waals surface area contributed by atoms with Crippen LogP contribution in [0.15, 0.2) is 47.4 Å². The molecule has 1 N–H and O–H groups in total. The molecule has 1 heterocycles. The number of anilines is 1. The van der Waals surface area contributed by atoms with E-state index in [1.54, 1.807) is 44.4 Å². The van der Waals surface area contributed by atoms with Crippen LogP contribution in [0.5, 0.6) is 0 Å². The summed E-state index contributed by atoms with van der Waals surface area (Å²) in [5, 5.41) is 12.7. The molecule has 1 amide bonds. The molecule has 1 fully saturated rings. The normalized spacial score (nSPS) is 23.8. The van der Waals surface area contributed by atoms with Gasteiger partial charge in [-0.2, -0.15) is 0 Å². The van der Waals surface area contributed by atoms with E-state index >= 15 is 0 Å². The zero-order valence-electron chi connectivity index (χ0n) is 18.6. The molecule has 2 aliphatic rings. The summed E-state index contributed by atoms with van der Waals surface area (Å²) in [6.45, 7) is 1.88. The van der Waals surface area contributed by atoms with Gasteiger partial charge in [-0.05, 0) is 56.0 Å². The lowest BCUT2D eigenvalue weighted by Crippen LogP contribution is -2.58. The lowest BCUT2D eigenvalue weighted by atomic mass is 9.71. The third-order valence-electron chi connectivity index (χ3n) is 6.76. The summed E-state index contributed by atoms with van der Waals surface area (Å²) in [4.78, 5) is 15.0. The Kier molecular flexibility index (Phi) is 6.03. The number of likely N-dealkylation sites (N-methyl/N-ethyl adjacent to an activating group) is 1. The summed E-state index contributed by atoms with van der Waals surface area (Å²) < 4.78 is 29.0. The number of carbonyl (C=O) groups is 1. The van der Waals surface area contributed by atoms with E-state index in [1.807, 2.05) is 6.92 Å². The van der Waals surface area contributed by atoms with E-state index in [2.05, 4.69) is 0 Å². The topological polar surface area (TPSA) is 77.9 Å². The fourth-order valence-corrected chi connectivity index (χ4v) is 6.92. The van der Waals surface area contributed by atoms with Crippen LogP contribution in [0, 0.1) is 12.8 Å². The molecule has 1 aliphatic carbocycles. The second kappa shape index (κ2) is 8.36. The summed E-state index contributed by atoms with van der Waals surface area (Å²) in [5.41, 5.74) is -0.0204. The molecule has 1 aliphatic heterocycles. The van der Waals surface area contributed by atoms with Gasteiger partial charge in [0.1, 0.15) is 5.60 Å².